The van der Waals surface area contributed by atoms with Crippen molar-refractivity contribution in [1.82, 2.24) is 15.2 Å². The maximum absolute atomic E-state index is 12.9. The highest BCUT2D eigenvalue weighted by Gasteiger charge is 2.32. The average Bonchev–Trinajstić information content (AvgIpc) is 3.21. The van der Waals surface area contributed by atoms with Crippen LogP contribution in [-0.4, -0.2) is 47.9 Å². The Bertz CT molecular complexity index is 892. The summed E-state index contributed by atoms with van der Waals surface area (Å²) in [5.74, 6) is -0.0240. The van der Waals surface area contributed by atoms with Crippen LogP contribution in [0.25, 0.3) is 10.2 Å². The van der Waals surface area contributed by atoms with Crippen LogP contribution < -0.4 is 11.1 Å². The van der Waals surface area contributed by atoms with Gasteiger partial charge in [-0.1, -0.05) is 24.3 Å². The number of para-hydroxylation sites is 1. The minimum Gasteiger partial charge on any atom is -0.369 e. The molecule has 2 aromatic rings. The Kier molecular flexibility index (Phi) is 6.79. The van der Waals surface area contributed by atoms with Gasteiger partial charge in [0, 0.05) is 19.0 Å². The molecule has 0 radical (unpaired) electrons. The number of carbonyl (C=O) groups excluding carboxylic acids is 2. The Labute approximate surface area is 181 Å². The quantitative estimate of drug-likeness (QED) is 0.526. The van der Waals surface area contributed by atoms with Crippen molar-refractivity contribution in [3.05, 3.63) is 41.4 Å². The number of carbonyl (C=O) groups is 2. The van der Waals surface area contributed by atoms with Gasteiger partial charge in [-0.05, 0) is 57.3 Å². The number of primary amides is 1. The number of nitrogens with zero attached hydrogens (tertiary/aromatic N) is 2. The third-order valence-corrected chi connectivity index (χ3v) is 7.42. The van der Waals surface area contributed by atoms with E-state index in [2.05, 4.69) is 28.4 Å². The van der Waals surface area contributed by atoms with Gasteiger partial charge in [0.05, 0.1) is 27.1 Å². The summed E-state index contributed by atoms with van der Waals surface area (Å²) in [5, 5.41) is 4.21. The Morgan fingerprint density at radius 1 is 1.23 bits per heavy atom. The smallest absolute Gasteiger partial charge is 0.224 e. The van der Waals surface area contributed by atoms with E-state index in [4.69, 9.17) is 10.7 Å². The normalized spacial score (nSPS) is 24.7. The summed E-state index contributed by atoms with van der Waals surface area (Å²) in [6.07, 6.45) is 8.70. The van der Waals surface area contributed by atoms with E-state index in [-0.39, 0.29) is 29.6 Å². The molecule has 1 aliphatic carbocycles. The Balaban J connectivity index is 1.29. The number of fused-ring (bicyclic) bond motifs is 1. The van der Waals surface area contributed by atoms with Gasteiger partial charge in [-0.2, -0.15) is 0 Å². The Hall–Kier alpha value is -2.25. The molecule has 3 atom stereocenters. The molecular formula is C23H30N4O2S. The van der Waals surface area contributed by atoms with Gasteiger partial charge in [-0.25, -0.2) is 4.98 Å². The van der Waals surface area contributed by atoms with E-state index in [9.17, 15) is 9.59 Å². The molecule has 3 N–H and O–H groups in total. The zero-order chi connectivity index (χ0) is 20.9. The highest BCUT2D eigenvalue weighted by Crippen LogP contribution is 2.38. The lowest BCUT2D eigenvalue weighted by molar-refractivity contribution is -0.125. The minimum absolute atomic E-state index is 0.0306. The molecule has 3 unspecified atom stereocenters. The molecule has 30 heavy (non-hydrogen) atoms. The maximum atomic E-state index is 12.9. The number of nitrogens with two attached hydrogens (primary N) is 1. The van der Waals surface area contributed by atoms with Crippen LogP contribution in [0.15, 0.2) is 36.4 Å². The van der Waals surface area contributed by atoms with Gasteiger partial charge >= 0.3 is 0 Å². The molecule has 0 spiro atoms. The Morgan fingerprint density at radius 2 is 2.07 bits per heavy atom. The van der Waals surface area contributed by atoms with Gasteiger partial charge in [0.2, 0.25) is 11.8 Å². The fourth-order valence-electron chi connectivity index (χ4n) is 4.56. The van der Waals surface area contributed by atoms with E-state index < -0.39 is 0 Å². The third-order valence-electron chi connectivity index (χ3n) is 6.26. The van der Waals surface area contributed by atoms with E-state index in [0.717, 1.165) is 62.3 Å². The number of likely N-dealkylation sites (tertiary alicyclic amines) is 1. The molecule has 1 aromatic heterocycles. The first-order valence-corrected chi connectivity index (χ1v) is 11.7. The van der Waals surface area contributed by atoms with Gasteiger partial charge in [-0.15, -0.1) is 11.3 Å². The number of thiazole rings is 1. The summed E-state index contributed by atoms with van der Waals surface area (Å²) < 4.78 is 1.18. The van der Waals surface area contributed by atoms with Crippen LogP contribution >= 0.6 is 11.3 Å². The molecule has 7 heteroatoms. The van der Waals surface area contributed by atoms with Crippen molar-refractivity contribution in [3.8, 4) is 0 Å². The lowest BCUT2D eigenvalue weighted by Crippen LogP contribution is -2.42. The first-order chi connectivity index (χ1) is 14.6. The van der Waals surface area contributed by atoms with Gasteiger partial charge in [0.15, 0.2) is 0 Å². The van der Waals surface area contributed by atoms with Gasteiger partial charge in [0.1, 0.15) is 0 Å². The zero-order valence-corrected chi connectivity index (χ0v) is 18.1. The van der Waals surface area contributed by atoms with Crippen LogP contribution in [0.3, 0.4) is 0 Å². The predicted octanol–water partition coefficient (Wildman–Crippen LogP) is 3.05. The molecule has 1 fully saturated rings. The lowest BCUT2D eigenvalue weighted by atomic mass is 9.82. The van der Waals surface area contributed by atoms with Crippen molar-refractivity contribution in [2.45, 2.75) is 38.0 Å². The molecule has 2 heterocycles. The van der Waals surface area contributed by atoms with E-state index in [1.54, 1.807) is 11.3 Å². The fraction of sp³-hybridized carbons (Fsp3) is 0.522. The number of piperidine rings is 1. The molecular weight excluding hydrogens is 396 g/mol. The predicted molar refractivity (Wildman–Crippen MR) is 120 cm³/mol. The first-order valence-electron chi connectivity index (χ1n) is 10.9. The maximum Gasteiger partial charge on any atom is 0.224 e. The molecule has 2 aliphatic rings. The molecule has 0 saturated carbocycles. The second kappa shape index (κ2) is 9.71. The zero-order valence-electron chi connectivity index (χ0n) is 17.3. The third kappa shape index (κ3) is 4.90. The first kappa shape index (κ1) is 21.0. The second-order valence-corrected chi connectivity index (χ2v) is 9.42. The van der Waals surface area contributed by atoms with E-state index in [1.807, 2.05) is 18.2 Å². The number of allylic oxidation sites excluding steroid dienone is 2. The van der Waals surface area contributed by atoms with Crippen LogP contribution in [0.5, 0.6) is 0 Å². The van der Waals surface area contributed by atoms with Gasteiger partial charge in [-0.3, -0.25) is 9.59 Å². The number of benzene rings is 1. The largest absolute Gasteiger partial charge is 0.369 e. The summed E-state index contributed by atoms with van der Waals surface area (Å²) in [6, 6.07) is 8.16. The lowest BCUT2D eigenvalue weighted by Gasteiger charge is -2.31. The van der Waals surface area contributed by atoms with Crippen LogP contribution in [0.1, 0.15) is 43.0 Å². The van der Waals surface area contributed by atoms with E-state index in [1.165, 1.54) is 4.70 Å². The highest BCUT2D eigenvalue weighted by molar-refractivity contribution is 7.18. The summed E-state index contributed by atoms with van der Waals surface area (Å²) in [7, 11) is 0. The molecule has 2 amide bonds. The molecule has 0 bridgehead atoms. The molecule has 1 aliphatic heterocycles. The molecule has 1 aromatic carbocycles. The summed E-state index contributed by atoms with van der Waals surface area (Å²) in [4.78, 5) is 31.5. The number of nitrogens with one attached hydrogen (secondary N) is 1. The standard InChI is InChI=1S/C23H30N4O2S/c24-21(28)16-7-5-13-27(15-16)14-6-12-25-22(29)17-8-1-2-9-18(17)23-26-19-10-3-4-11-20(19)30-23/h1-4,10-11,16-18H,5-9,12-15H2,(H2,24,28)(H,25,29). The van der Waals surface area contributed by atoms with Crippen LogP contribution in [0.2, 0.25) is 0 Å². The van der Waals surface area contributed by atoms with Gasteiger partial charge in [0.25, 0.3) is 0 Å². The summed E-state index contributed by atoms with van der Waals surface area (Å²) in [6.45, 7) is 3.29. The van der Waals surface area contributed by atoms with Gasteiger partial charge < -0.3 is 16.0 Å². The summed E-state index contributed by atoms with van der Waals surface area (Å²) >= 11 is 1.71. The topological polar surface area (TPSA) is 88.3 Å². The van der Waals surface area contributed by atoms with Crippen LogP contribution in [0, 0.1) is 11.8 Å². The second-order valence-electron chi connectivity index (χ2n) is 8.36. The van der Waals surface area contributed by atoms with Crippen molar-refractivity contribution in [2.75, 3.05) is 26.2 Å². The summed E-state index contributed by atoms with van der Waals surface area (Å²) in [5.41, 5.74) is 6.48. The SMILES string of the molecule is NC(=O)C1CCCN(CCCNC(=O)C2CC=CCC2c2nc3ccccc3s2)C1. The fourth-order valence-corrected chi connectivity index (χ4v) is 5.71. The van der Waals surface area contributed by atoms with E-state index >= 15 is 0 Å². The average molecular weight is 427 g/mol. The van der Waals surface area contributed by atoms with Crippen molar-refractivity contribution in [1.29, 1.82) is 0 Å². The van der Waals surface area contributed by atoms with Crippen molar-refractivity contribution in [3.63, 3.8) is 0 Å². The number of amides is 2. The Morgan fingerprint density at radius 3 is 2.90 bits per heavy atom. The number of hydrogen-bond acceptors (Lipinski definition) is 5. The van der Waals surface area contributed by atoms with E-state index in [0.29, 0.717) is 6.54 Å². The van der Waals surface area contributed by atoms with Crippen molar-refractivity contribution in [2.24, 2.45) is 17.6 Å². The van der Waals surface area contributed by atoms with Crippen molar-refractivity contribution < 1.29 is 9.59 Å². The number of aromatic nitrogens is 1. The molecule has 1 saturated heterocycles. The van der Waals surface area contributed by atoms with Crippen LogP contribution in [-0.2, 0) is 9.59 Å². The number of rotatable bonds is 7. The number of hydrogen-bond donors (Lipinski definition) is 2. The van der Waals surface area contributed by atoms with Crippen molar-refractivity contribution >= 4 is 33.4 Å². The molecule has 4 rings (SSSR count). The van der Waals surface area contributed by atoms with Crippen LogP contribution in [0.4, 0.5) is 0 Å². The molecule has 160 valence electrons. The monoisotopic (exact) mass is 426 g/mol. The molecule has 6 nitrogen and oxygen atoms in total. The minimum atomic E-state index is -0.195. The highest BCUT2D eigenvalue weighted by atomic mass is 32.1.